The highest BCUT2D eigenvalue weighted by molar-refractivity contribution is 9.10. The fourth-order valence-electron chi connectivity index (χ4n) is 2.30. The third-order valence-electron chi connectivity index (χ3n) is 3.40. The fourth-order valence-corrected chi connectivity index (χ4v) is 2.38. The maximum atomic E-state index is 12.3. The summed E-state index contributed by atoms with van der Waals surface area (Å²) < 4.78 is 5.00. The number of hydrogen-bond acceptors (Lipinski definition) is 2. The molecule has 2 nitrogen and oxygen atoms in total. The first-order valence-corrected chi connectivity index (χ1v) is 7.58. The van der Waals surface area contributed by atoms with Crippen molar-refractivity contribution >= 4 is 43.4 Å². The van der Waals surface area contributed by atoms with E-state index in [4.69, 9.17) is 4.74 Å². The van der Waals surface area contributed by atoms with Gasteiger partial charge >= 0.3 is 5.97 Å². The van der Waals surface area contributed by atoms with Crippen molar-refractivity contribution in [2.75, 3.05) is 0 Å². The summed E-state index contributed by atoms with van der Waals surface area (Å²) in [5.41, 5.74) is 0. The van der Waals surface area contributed by atoms with Crippen molar-refractivity contribution in [2.45, 2.75) is 18.2 Å². The number of fused-ring (bicyclic) bond motifs is 2. The Morgan fingerprint density at radius 3 is 1.90 bits per heavy atom. The van der Waals surface area contributed by atoms with Crippen LogP contribution < -0.4 is 4.74 Å². The van der Waals surface area contributed by atoms with Gasteiger partial charge in [-0.15, -0.1) is 0 Å². The maximum absolute atomic E-state index is 12.3. The molecule has 0 N–H and O–H groups in total. The summed E-state index contributed by atoms with van der Waals surface area (Å²) in [7, 11) is 0. The minimum Gasteiger partial charge on any atom is -0.424 e. The van der Waals surface area contributed by atoms with Crippen LogP contribution in [0.5, 0.6) is 5.75 Å². The Labute approximate surface area is 131 Å². The lowest BCUT2D eigenvalue weighted by molar-refractivity contribution is -0.135. The average molecular weight is 343 g/mol. The molecule has 0 fully saturated rings. The van der Waals surface area contributed by atoms with Crippen molar-refractivity contribution in [3.8, 4) is 5.75 Å². The van der Waals surface area contributed by atoms with Crippen molar-refractivity contribution in [1.82, 2.24) is 0 Å². The number of hydrogen-bond donors (Lipinski definition) is 0. The quantitative estimate of drug-likeness (QED) is 0.281. The van der Waals surface area contributed by atoms with Gasteiger partial charge in [-0.1, -0.05) is 64.5 Å². The van der Waals surface area contributed by atoms with Gasteiger partial charge in [0.2, 0.25) is 0 Å². The highest BCUT2D eigenvalue weighted by Crippen LogP contribution is 2.36. The number of rotatable bonds is 2. The Kier molecular flexibility index (Phi) is 3.46. The van der Waals surface area contributed by atoms with E-state index in [-0.39, 0.29) is 5.97 Å². The lowest BCUT2D eigenvalue weighted by Gasteiger charge is -2.17. The molecule has 0 aromatic heterocycles. The Balaban J connectivity index is 2.28. The molecule has 3 aromatic carbocycles. The van der Waals surface area contributed by atoms with Gasteiger partial charge in [-0.3, -0.25) is 4.79 Å². The highest BCUT2D eigenvalue weighted by atomic mass is 79.9. The molecular formula is C18H15BrO2. The van der Waals surface area contributed by atoms with E-state index in [1.165, 1.54) is 0 Å². The molecule has 0 bridgehead atoms. The van der Waals surface area contributed by atoms with Crippen LogP contribution in [-0.2, 0) is 4.79 Å². The van der Waals surface area contributed by atoms with Gasteiger partial charge in [0.15, 0.2) is 0 Å². The van der Waals surface area contributed by atoms with Gasteiger partial charge in [0.25, 0.3) is 0 Å². The molecule has 0 saturated heterocycles. The number of carbonyl (C=O) groups is 1. The zero-order valence-corrected chi connectivity index (χ0v) is 13.5. The number of alkyl halides is 1. The van der Waals surface area contributed by atoms with Gasteiger partial charge in [0.1, 0.15) is 10.1 Å². The summed E-state index contributed by atoms with van der Waals surface area (Å²) in [6, 6.07) is 18.0. The van der Waals surface area contributed by atoms with E-state index in [1.54, 1.807) is 13.8 Å². The van der Waals surface area contributed by atoms with E-state index >= 15 is 0 Å². The van der Waals surface area contributed by atoms with Crippen LogP contribution in [0.25, 0.3) is 21.5 Å². The van der Waals surface area contributed by atoms with Crippen LogP contribution in [0.2, 0.25) is 0 Å². The van der Waals surface area contributed by atoms with E-state index in [1.807, 2.05) is 48.5 Å². The topological polar surface area (TPSA) is 26.3 Å². The van der Waals surface area contributed by atoms with E-state index in [9.17, 15) is 4.79 Å². The highest BCUT2D eigenvalue weighted by Gasteiger charge is 2.27. The first-order chi connectivity index (χ1) is 9.97. The molecule has 0 spiro atoms. The van der Waals surface area contributed by atoms with Crippen molar-refractivity contribution in [3.63, 3.8) is 0 Å². The smallest absolute Gasteiger partial charge is 0.327 e. The van der Waals surface area contributed by atoms with Gasteiger partial charge in [0.05, 0.1) is 0 Å². The Bertz CT molecular complexity index is 777. The van der Waals surface area contributed by atoms with Gasteiger partial charge in [-0.05, 0) is 30.7 Å². The third kappa shape index (κ3) is 2.66. The van der Waals surface area contributed by atoms with E-state index in [0.29, 0.717) is 5.75 Å². The number of ether oxygens (including phenoxy) is 1. The monoisotopic (exact) mass is 342 g/mol. The Hall–Kier alpha value is -1.87. The molecule has 3 rings (SSSR count). The van der Waals surface area contributed by atoms with Crippen molar-refractivity contribution in [2.24, 2.45) is 0 Å². The molecule has 0 atom stereocenters. The number of esters is 1. The molecule has 3 heteroatoms. The average Bonchev–Trinajstić information content (AvgIpc) is 2.46. The predicted octanol–water partition coefficient (Wildman–Crippen LogP) is 5.07. The Morgan fingerprint density at radius 2 is 1.43 bits per heavy atom. The number of benzene rings is 3. The first kappa shape index (κ1) is 14.1. The maximum Gasteiger partial charge on any atom is 0.327 e. The van der Waals surface area contributed by atoms with E-state index in [0.717, 1.165) is 21.5 Å². The SMILES string of the molecule is CC(C)(Br)C(=O)Oc1c2ccccc2cc2ccccc12. The van der Waals surface area contributed by atoms with Crippen LogP contribution in [-0.4, -0.2) is 10.3 Å². The summed E-state index contributed by atoms with van der Waals surface area (Å²) in [6.07, 6.45) is 0. The summed E-state index contributed by atoms with van der Waals surface area (Å²) in [6.45, 7) is 3.56. The molecule has 0 radical (unpaired) electrons. The van der Waals surface area contributed by atoms with Crippen molar-refractivity contribution < 1.29 is 9.53 Å². The fraction of sp³-hybridized carbons (Fsp3) is 0.167. The molecule has 0 saturated carbocycles. The minimum absolute atomic E-state index is 0.302. The van der Waals surface area contributed by atoms with Gasteiger partial charge < -0.3 is 4.74 Å². The van der Waals surface area contributed by atoms with Crippen LogP contribution >= 0.6 is 15.9 Å². The molecule has 21 heavy (non-hydrogen) atoms. The van der Waals surface area contributed by atoms with Crippen LogP contribution in [0.1, 0.15) is 13.8 Å². The van der Waals surface area contributed by atoms with Crippen LogP contribution in [0, 0.1) is 0 Å². The molecule has 0 aliphatic rings. The van der Waals surface area contributed by atoms with Crippen LogP contribution in [0.3, 0.4) is 0 Å². The standard InChI is InChI=1S/C18H15BrO2/c1-18(2,19)17(20)21-16-14-9-5-3-7-12(14)11-13-8-4-6-10-15(13)16/h3-11H,1-2H3. The van der Waals surface area contributed by atoms with Gasteiger partial charge in [-0.25, -0.2) is 0 Å². The normalized spacial score (nSPS) is 11.8. The molecule has 3 aromatic rings. The van der Waals surface area contributed by atoms with Crippen molar-refractivity contribution in [1.29, 1.82) is 0 Å². The van der Waals surface area contributed by atoms with Gasteiger partial charge in [0, 0.05) is 10.8 Å². The predicted molar refractivity (Wildman–Crippen MR) is 90.1 cm³/mol. The molecular weight excluding hydrogens is 328 g/mol. The first-order valence-electron chi connectivity index (χ1n) is 6.78. The lowest BCUT2D eigenvalue weighted by atomic mass is 10.0. The molecule has 0 heterocycles. The number of carbonyl (C=O) groups excluding carboxylic acids is 1. The van der Waals surface area contributed by atoms with E-state index in [2.05, 4.69) is 22.0 Å². The second-order valence-electron chi connectivity index (χ2n) is 5.51. The second-order valence-corrected chi connectivity index (χ2v) is 7.49. The van der Waals surface area contributed by atoms with Crippen LogP contribution in [0.4, 0.5) is 0 Å². The Morgan fingerprint density at radius 1 is 0.952 bits per heavy atom. The molecule has 0 unspecified atom stereocenters. The summed E-state index contributed by atoms with van der Waals surface area (Å²) in [4.78, 5) is 12.3. The summed E-state index contributed by atoms with van der Waals surface area (Å²) in [5.74, 6) is 0.324. The van der Waals surface area contributed by atoms with Gasteiger partial charge in [-0.2, -0.15) is 0 Å². The second kappa shape index (κ2) is 5.15. The zero-order chi connectivity index (χ0) is 15.0. The number of halogens is 1. The summed E-state index contributed by atoms with van der Waals surface area (Å²) in [5, 5.41) is 4.01. The minimum atomic E-state index is -0.717. The largest absolute Gasteiger partial charge is 0.424 e. The third-order valence-corrected chi connectivity index (χ3v) is 3.73. The van der Waals surface area contributed by atoms with Crippen molar-refractivity contribution in [3.05, 3.63) is 54.6 Å². The van der Waals surface area contributed by atoms with E-state index < -0.39 is 4.32 Å². The summed E-state index contributed by atoms with van der Waals surface area (Å²) >= 11 is 3.35. The van der Waals surface area contributed by atoms with Crippen LogP contribution in [0.15, 0.2) is 54.6 Å². The molecule has 0 amide bonds. The molecule has 106 valence electrons. The zero-order valence-electron chi connectivity index (χ0n) is 11.9. The molecule has 0 aliphatic heterocycles. The molecule has 0 aliphatic carbocycles. The lowest BCUT2D eigenvalue weighted by Crippen LogP contribution is -2.29.